The first-order valence-corrected chi connectivity index (χ1v) is 11.8. The van der Waals surface area contributed by atoms with Crippen LogP contribution in [0.3, 0.4) is 0 Å². The molecule has 0 spiro atoms. The van der Waals surface area contributed by atoms with Crippen molar-refractivity contribution in [3.8, 4) is 0 Å². The number of hydrazine groups is 1. The normalized spacial score (nSPS) is 23.2. The Balaban J connectivity index is 1.31. The van der Waals surface area contributed by atoms with Gasteiger partial charge in [0, 0.05) is 31.7 Å². The molecule has 8 heteroatoms. The van der Waals surface area contributed by atoms with Crippen LogP contribution in [0.1, 0.15) is 43.2 Å². The number of amidine groups is 1. The quantitative estimate of drug-likeness (QED) is 0.755. The van der Waals surface area contributed by atoms with Gasteiger partial charge in [0.05, 0.1) is 13.1 Å². The molecule has 28 heavy (non-hydrogen) atoms. The Morgan fingerprint density at radius 3 is 2.18 bits per heavy atom. The molecule has 0 unspecified atom stereocenters. The summed E-state index contributed by atoms with van der Waals surface area (Å²) in [6, 6.07) is 8.49. The molecule has 1 aromatic rings. The van der Waals surface area contributed by atoms with E-state index in [4.69, 9.17) is 5.84 Å². The summed E-state index contributed by atoms with van der Waals surface area (Å²) in [6.45, 7) is 4.17. The molecule has 2 N–H and O–H groups in total. The Hall–Kier alpha value is -1.48. The van der Waals surface area contributed by atoms with Crippen LogP contribution in [0.2, 0.25) is 0 Å². The molecule has 3 heterocycles. The van der Waals surface area contributed by atoms with E-state index in [1.165, 1.54) is 5.56 Å². The van der Waals surface area contributed by atoms with Crippen LogP contribution in [-0.4, -0.2) is 67.1 Å². The Morgan fingerprint density at radius 2 is 1.57 bits per heavy atom. The van der Waals surface area contributed by atoms with Crippen LogP contribution in [0.15, 0.2) is 29.3 Å². The Bertz CT molecular complexity index is 794. The zero-order chi connectivity index (χ0) is 19.6. The van der Waals surface area contributed by atoms with Gasteiger partial charge in [-0.05, 0) is 43.6 Å². The number of aliphatic imine (C=N–C) groups is 1. The molecule has 0 amide bonds. The molecule has 3 aliphatic heterocycles. The second kappa shape index (κ2) is 8.49. The molecule has 154 valence electrons. The van der Waals surface area contributed by atoms with E-state index in [-0.39, 0.29) is 0 Å². The lowest BCUT2D eigenvalue weighted by Gasteiger charge is -2.36. The minimum Gasteiger partial charge on any atom is -0.293 e. The highest BCUT2D eigenvalue weighted by Gasteiger charge is 2.33. The zero-order valence-corrected chi connectivity index (χ0v) is 17.3. The molecule has 3 aliphatic rings. The van der Waals surface area contributed by atoms with Crippen LogP contribution in [0.5, 0.6) is 0 Å². The van der Waals surface area contributed by atoms with Crippen molar-refractivity contribution in [1.82, 2.24) is 13.6 Å². The molecule has 7 nitrogen and oxygen atoms in total. The Labute approximate surface area is 168 Å². The summed E-state index contributed by atoms with van der Waals surface area (Å²) in [5.41, 5.74) is 2.36. The highest BCUT2D eigenvalue weighted by Crippen LogP contribution is 2.26. The maximum Gasteiger partial charge on any atom is 0.281 e. The summed E-state index contributed by atoms with van der Waals surface area (Å²) >= 11 is 0. The summed E-state index contributed by atoms with van der Waals surface area (Å²) in [7, 11) is -3.26. The predicted molar refractivity (Wildman–Crippen MR) is 111 cm³/mol. The number of hydrogen-bond donors (Lipinski definition) is 1. The fraction of sp³-hybridized carbons (Fsp3) is 0.650. The average molecular weight is 406 g/mol. The number of rotatable bonds is 5. The molecule has 0 atom stereocenters. The number of piperidine rings is 2. The van der Waals surface area contributed by atoms with Crippen molar-refractivity contribution in [3.63, 3.8) is 0 Å². The molecule has 2 fully saturated rings. The average Bonchev–Trinajstić information content (AvgIpc) is 3.16. The molecule has 0 aromatic heterocycles. The van der Waals surface area contributed by atoms with E-state index >= 15 is 0 Å². The Kier molecular flexibility index (Phi) is 6.01. The van der Waals surface area contributed by atoms with Crippen LogP contribution in [0.4, 0.5) is 0 Å². The van der Waals surface area contributed by atoms with Crippen LogP contribution < -0.4 is 5.84 Å². The van der Waals surface area contributed by atoms with Crippen LogP contribution in [0.25, 0.3) is 0 Å². The van der Waals surface area contributed by atoms with Gasteiger partial charge < -0.3 is 0 Å². The molecular formula is C20H31N5O2S. The third kappa shape index (κ3) is 4.25. The van der Waals surface area contributed by atoms with E-state index in [9.17, 15) is 8.42 Å². The molecule has 4 rings (SSSR count). The summed E-state index contributed by atoms with van der Waals surface area (Å²) in [4.78, 5) is 4.45. The third-order valence-corrected chi connectivity index (χ3v) is 8.19. The van der Waals surface area contributed by atoms with Crippen molar-refractivity contribution in [1.29, 1.82) is 0 Å². The summed E-state index contributed by atoms with van der Waals surface area (Å²) in [5.74, 6) is 7.35. The van der Waals surface area contributed by atoms with E-state index < -0.39 is 10.2 Å². The number of nitrogens with zero attached hydrogens (tertiary/aromatic N) is 4. The molecule has 1 aromatic carbocycles. The topological polar surface area (TPSA) is 82.2 Å². The van der Waals surface area contributed by atoms with Gasteiger partial charge in [-0.1, -0.05) is 30.7 Å². The zero-order valence-electron chi connectivity index (χ0n) is 16.5. The molecule has 0 saturated carbocycles. The molecular weight excluding hydrogens is 374 g/mol. The maximum absolute atomic E-state index is 12.8. The third-order valence-electron chi connectivity index (χ3n) is 6.15. The monoisotopic (exact) mass is 405 g/mol. The van der Waals surface area contributed by atoms with Gasteiger partial charge in [-0.2, -0.15) is 17.0 Å². The van der Waals surface area contributed by atoms with Gasteiger partial charge in [-0.25, -0.2) is 5.84 Å². The first-order valence-electron chi connectivity index (χ1n) is 10.5. The van der Waals surface area contributed by atoms with Gasteiger partial charge in [0.15, 0.2) is 0 Å². The van der Waals surface area contributed by atoms with Crippen molar-refractivity contribution in [2.45, 2.75) is 38.5 Å². The highest BCUT2D eigenvalue weighted by molar-refractivity contribution is 7.86. The van der Waals surface area contributed by atoms with Crippen molar-refractivity contribution in [3.05, 3.63) is 35.4 Å². The predicted octanol–water partition coefficient (Wildman–Crippen LogP) is 1.61. The van der Waals surface area contributed by atoms with Crippen LogP contribution in [-0.2, 0) is 16.6 Å². The first-order chi connectivity index (χ1) is 13.5. The van der Waals surface area contributed by atoms with Gasteiger partial charge in [0.25, 0.3) is 10.2 Å². The minimum absolute atomic E-state index is 0.536. The van der Waals surface area contributed by atoms with Gasteiger partial charge >= 0.3 is 0 Å². The number of hydrogen-bond acceptors (Lipinski definition) is 5. The molecule has 2 saturated heterocycles. The molecule has 0 radical (unpaired) electrons. The van der Waals surface area contributed by atoms with Crippen molar-refractivity contribution in [2.24, 2.45) is 16.8 Å². The van der Waals surface area contributed by atoms with Gasteiger partial charge in [0.2, 0.25) is 0 Å². The smallest absolute Gasteiger partial charge is 0.281 e. The van der Waals surface area contributed by atoms with Crippen molar-refractivity contribution >= 4 is 16.0 Å². The van der Waals surface area contributed by atoms with Gasteiger partial charge in [0.1, 0.15) is 5.84 Å². The SMILES string of the molecule is NN1CCN=C1c1ccc(CC2CCN(S(=O)(=O)N3CCCCC3)CC2)cc1. The van der Waals surface area contributed by atoms with Crippen molar-refractivity contribution < 1.29 is 8.42 Å². The highest BCUT2D eigenvalue weighted by atomic mass is 32.2. The summed E-state index contributed by atoms with van der Waals surface area (Å²) in [5, 5.41) is 1.70. The lowest BCUT2D eigenvalue weighted by atomic mass is 9.90. The summed E-state index contributed by atoms with van der Waals surface area (Å²) < 4.78 is 29.0. The lowest BCUT2D eigenvalue weighted by molar-refractivity contribution is 0.244. The van der Waals surface area contributed by atoms with Gasteiger partial charge in [-0.3, -0.25) is 10.0 Å². The van der Waals surface area contributed by atoms with Crippen molar-refractivity contribution in [2.75, 3.05) is 39.3 Å². The lowest BCUT2D eigenvalue weighted by Crippen LogP contribution is -2.48. The van der Waals surface area contributed by atoms with Crippen LogP contribution >= 0.6 is 0 Å². The number of nitrogens with two attached hydrogens (primary N) is 1. The molecule has 0 bridgehead atoms. The fourth-order valence-electron chi connectivity index (χ4n) is 4.44. The van der Waals surface area contributed by atoms with E-state index in [1.807, 2.05) is 0 Å². The summed E-state index contributed by atoms with van der Waals surface area (Å²) in [6.07, 6.45) is 5.97. The second-order valence-corrected chi connectivity index (χ2v) is 10.0. The van der Waals surface area contributed by atoms with E-state index in [1.54, 1.807) is 13.6 Å². The van der Waals surface area contributed by atoms with Crippen LogP contribution in [0, 0.1) is 5.92 Å². The maximum atomic E-state index is 12.8. The first kappa shape index (κ1) is 19.8. The van der Waals surface area contributed by atoms with E-state index in [2.05, 4.69) is 29.3 Å². The Morgan fingerprint density at radius 1 is 0.929 bits per heavy atom. The van der Waals surface area contributed by atoms with Gasteiger partial charge in [-0.15, -0.1) is 0 Å². The van der Waals surface area contributed by atoms with E-state index in [0.717, 1.165) is 63.0 Å². The standard InChI is InChI=1S/C20H31N5O2S/c21-25-15-10-22-20(25)19-6-4-17(5-7-19)16-18-8-13-24(14-9-18)28(26,27)23-11-2-1-3-12-23/h4-7,18H,1-3,8-16,21H2. The van der Waals surface area contributed by atoms with E-state index in [0.29, 0.717) is 32.1 Å². The molecule has 0 aliphatic carbocycles. The fourth-order valence-corrected chi connectivity index (χ4v) is 6.16. The second-order valence-electron chi connectivity index (χ2n) is 8.11. The number of benzene rings is 1. The minimum atomic E-state index is -3.26. The largest absolute Gasteiger partial charge is 0.293 e.